The molecule has 0 aliphatic heterocycles. The average molecular weight is 331 g/mol. The van der Waals surface area contributed by atoms with E-state index in [1.54, 1.807) is 0 Å². The highest BCUT2D eigenvalue weighted by Crippen LogP contribution is 2.21. The number of hydrogen-bond donors (Lipinski definition) is 1. The SMILES string of the molecule is CCCn1c(=O)[nH]c(=O)c2cc(C(=O)OC3CCCCC3)cnc21. The van der Waals surface area contributed by atoms with Crippen molar-refractivity contribution in [1.29, 1.82) is 0 Å². The number of esters is 1. The average Bonchev–Trinajstić information content (AvgIpc) is 2.59. The van der Waals surface area contributed by atoms with E-state index in [4.69, 9.17) is 4.74 Å². The number of ether oxygens (including phenoxy) is 1. The molecule has 0 atom stereocenters. The Hall–Kier alpha value is -2.44. The molecule has 0 radical (unpaired) electrons. The Morgan fingerprint density at radius 1 is 1.33 bits per heavy atom. The Morgan fingerprint density at radius 3 is 2.79 bits per heavy atom. The number of fused-ring (bicyclic) bond motifs is 1. The van der Waals surface area contributed by atoms with E-state index in [1.165, 1.54) is 23.3 Å². The molecule has 0 amide bonds. The van der Waals surface area contributed by atoms with Gasteiger partial charge in [-0.05, 0) is 38.2 Å². The molecular formula is C17H21N3O4. The van der Waals surface area contributed by atoms with Crippen LogP contribution in [0.15, 0.2) is 21.9 Å². The number of carbonyl (C=O) groups excluding carboxylic acids is 1. The van der Waals surface area contributed by atoms with Gasteiger partial charge in [0, 0.05) is 12.7 Å². The molecule has 3 rings (SSSR count). The molecule has 2 aromatic heterocycles. The summed E-state index contributed by atoms with van der Waals surface area (Å²) in [5.41, 5.74) is -0.498. The fourth-order valence-corrected chi connectivity index (χ4v) is 3.11. The van der Waals surface area contributed by atoms with Crippen LogP contribution in [0.25, 0.3) is 11.0 Å². The number of H-pyrrole nitrogens is 1. The Morgan fingerprint density at radius 2 is 2.08 bits per heavy atom. The van der Waals surface area contributed by atoms with Crippen molar-refractivity contribution < 1.29 is 9.53 Å². The van der Waals surface area contributed by atoms with E-state index in [-0.39, 0.29) is 17.1 Å². The van der Waals surface area contributed by atoms with Crippen molar-refractivity contribution in [2.75, 3.05) is 0 Å². The molecule has 0 spiro atoms. The van der Waals surface area contributed by atoms with Crippen molar-refractivity contribution in [3.8, 4) is 0 Å². The van der Waals surface area contributed by atoms with Crippen LogP contribution in [-0.4, -0.2) is 26.6 Å². The third-order valence-corrected chi connectivity index (χ3v) is 4.34. The van der Waals surface area contributed by atoms with Gasteiger partial charge in [-0.2, -0.15) is 0 Å². The summed E-state index contributed by atoms with van der Waals surface area (Å²) in [6.45, 7) is 2.38. The molecule has 1 aliphatic carbocycles. The zero-order valence-corrected chi connectivity index (χ0v) is 13.7. The van der Waals surface area contributed by atoms with E-state index in [0.29, 0.717) is 12.2 Å². The van der Waals surface area contributed by atoms with Gasteiger partial charge in [-0.25, -0.2) is 14.6 Å². The predicted octanol–water partition coefficient (Wildman–Crippen LogP) is 1.98. The number of carbonyl (C=O) groups is 1. The molecule has 7 nitrogen and oxygen atoms in total. The number of hydrogen-bond acceptors (Lipinski definition) is 5. The predicted molar refractivity (Wildman–Crippen MR) is 89.2 cm³/mol. The molecule has 1 aliphatic rings. The normalized spacial score (nSPS) is 15.5. The van der Waals surface area contributed by atoms with E-state index in [2.05, 4.69) is 9.97 Å². The van der Waals surface area contributed by atoms with Crippen LogP contribution in [0.2, 0.25) is 0 Å². The molecule has 0 saturated heterocycles. The van der Waals surface area contributed by atoms with Crippen molar-refractivity contribution >= 4 is 17.0 Å². The second kappa shape index (κ2) is 6.98. The standard InChI is InChI=1S/C17H21N3O4/c1-2-8-20-14-13(15(21)19-17(20)23)9-11(10-18-14)16(22)24-12-6-4-3-5-7-12/h9-10,12H,2-8H2,1H3,(H,19,21,23). The minimum absolute atomic E-state index is 0.0609. The van der Waals surface area contributed by atoms with E-state index in [1.807, 2.05) is 6.92 Å². The number of nitrogens with zero attached hydrogens (tertiary/aromatic N) is 2. The maximum absolute atomic E-state index is 12.3. The number of nitrogens with one attached hydrogen (secondary N) is 1. The summed E-state index contributed by atoms with van der Waals surface area (Å²) in [6, 6.07) is 1.46. The summed E-state index contributed by atoms with van der Waals surface area (Å²) >= 11 is 0. The van der Waals surface area contributed by atoms with Crippen LogP contribution in [0.1, 0.15) is 55.8 Å². The first-order valence-corrected chi connectivity index (χ1v) is 8.44. The number of aromatic nitrogens is 3. The Balaban J connectivity index is 1.94. The zero-order chi connectivity index (χ0) is 17.1. The molecule has 0 aromatic carbocycles. The molecule has 0 bridgehead atoms. The number of rotatable bonds is 4. The third kappa shape index (κ3) is 3.25. The molecule has 2 heterocycles. The fraction of sp³-hybridized carbons (Fsp3) is 0.529. The lowest BCUT2D eigenvalue weighted by Gasteiger charge is -2.21. The van der Waals surface area contributed by atoms with Gasteiger partial charge in [0.2, 0.25) is 0 Å². The molecular weight excluding hydrogens is 310 g/mol. The van der Waals surface area contributed by atoms with Crippen LogP contribution < -0.4 is 11.2 Å². The molecule has 0 unspecified atom stereocenters. The summed E-state index contributed by atoms with van der Waals surface area (Å²) in [5.74, 6) is -0.469. The molecule has 7 heteroatoms. The highest BCUT2D eigenvalue weighted by Gasteiger charge is 2.20. The lowest BCUT2D eigenvalue weighted by atomic mass is 9.98. The van der Waals surface area contributed by atoms with Gasteiger partial charge in [0.05, 0.1) is 10.9 Å². The Bertz CT molecular complexity index is 862. The Kier molecular flexibility index (Phi) is 4.78. The Labute approximate surface area is 138 Å². The van der Waals surface area contributed by atoms with Gasteiger partial charge in [-0.1, -0.05) is 13.3 Å². The van der Waals surface area contributed by atoms with E-state index >= 15 is 0 Å². The maximum atomic E-state index is 12.3. The minimum Gasteiger partial charge on any atom is -0.459 e. The van der Waals surface area contributed by atoms with Crippen LogP contribution in [0.3, 0.4) is 0 Å². The molecule has 2 aromatic rings. The molecule has 24 heavy (non-hydrogen) atoms. The molecule has 1 N–H and O–H groups in total. The second-order valence-electron chi connectivity index (χ2n) is 6.17. The third-order valence-electron chi connectivity index (χ3n) is 4.34. The monoisotopic (exact) mass is 331 g/mol. The van der Waals surface area contributed by atoms with Gasteiger partial charge in [0.25, 0.3) is 5.56 Å². The lowest BCUT2D eigenvalue weighted by molar-refractivity contribution is 0.0211. The first-order valence-electron chi connectivity index (χ1n) is 8.44. The lowest BCUT2D eigenvalue weighted by Crippen LogP contribution is -2.31. The van der Waals surface area contributed by atoms with E-state index < -0.39 is 17.2 Å². The topological polar surface area (TPSA) is 94.1 Å². The van der Waals surface area contributed by atoms with Crippen molar-refractivity contribution in [1.82, 2.24) is 14.5 Å². The summed E-state index contributed by atoms with van der Waals surface area (Å²) in [6.07, 6.45) is 7.11. The van der Waals surface area contributed by atoms with Crippen molar-refractivity contribution in [3.05, 3.63) is 38.7 Å². The smallest absolute Gasteiger partial charge is 0.340 e. The van der Waals surface area contributed by atoms with E-state index in [0.717, 1.165) is 32.1 Å². The van der Waals surface area contributed by atoms with Crippen LogP contribution in [0.4, 0.5) is 0 Å². The zero-order valence-electron chi connectivity index (χ0n) is 13.7. The molecule has 1 fully saturated rings. The van der Waals surface area contributed by atoms with Crippen molar-refractivity contribution in [2.45, 2.75) is 58.1 Å². The van der Waals surface area contributed by atoms with Crippen molar-refractivity contribution in [3.63, 3.8) is 0 Å². The van der Waals surface area contributed by atoms with Gasteiger partial charge in [0.15, 0.2) is 0 Å². The highest BCUT2D eigenvalue weighted by atomic mass is 16.5. The maximum Gasteiger partial charge on any atom is 0.340 e. The second-order valence-corrected chi connectivity index (χ2v) is 6.17. The minimum atomic E-state index is -0.540. The number of pyridine rings is 1. The van der Waals surface area contributed by atoms with Crippen LogP contribution in [0, 0.1) is 0 Å². The summed E-state index contributed by atoms with van der Waals surface area (Å²) < 4.78 is 6.92. The molecule has 128 valence electrons. The van der Waals surface area contributed by atoms with Gasteiger partial charge in [-0.15, -0.1) is 0 Å². The summed E-state index contributed by atoms with van der Waals surface area (Å²) in [7, 11) is 0. The summed E-state index contributed by atoms with van der Waals surface area (Å²) in [4.78, 5) is 42.7. The van der Waals surface area contributed by atoms with Crippen LogP contribution in [0.5, 0.6) is 0 Å². The van der Waals surface area contributed by atoms with Gasteiger partial charge in [-0.3, -0.25) is 14.3 Å². The van der Waals surface area contributed by atoms with Gasteiger partial charge >= 0.3 is 11.7 Å². The van der Waals surface area contributed by atoms with Gasteiger partial charge in [0.1, 0.15) is 11.8 Å². The quantitative estimate of drug-likeness (QED) is 0.865. The van der Waals surface area contributed by atoms with E-state index in [9.17, 15) is 14.4 Å². The first-order chi connectivity index (χ1) is 11.6. The molecule has 1 saturated carbocycles. The van der Waals surface area contributed by atoms with Crippen molar-refractivity contribution in [2.24, 2.45) is 0 Å². The van der Waals surface area contributed by atoms with Gasteiger partial charge < -0.3 is 4.74 Å². The fourth-order valence-electron chi connectivity index (χ4n) is 3.11. The number of aromatic amines is 1. The first kappa shape index (κ1) is 16.4. The van der Waals surface area contributed by atoms with Crippen LogP contribution >= 0.6 is 0 Å². The highest BCUT2D eigenvalue weighted by molar-refractivity contribution is 5.92. The largest absolute Gasteiger partial charge is 0.459 e. The van der Waals surface area contributed by atoms with Crippen LogP contribution in [-0.2, 0) is 11.3 Å². The summed E-state index contributed by atoms with van der Waals surface area (Å²) in [5, 5.41) is 0.223. The number of aryl methyl sites for hydroxylation is 1.